The van der Waals surface area contributed by atoms with Crippen molar-refractivity contribution in [3.05, 3.63) is 60.3 Å². The van der Waals surface area contributed by atoms with Gasteiger partial charge in [-0.25, -0.2) is 4.90 Å². The van der Waals surface area contributed by atoms with Crippen molar-refractivity contribution in [2.75, 3.05) is 12.0 Å². The molecule has 0 radical (unpaired) electrons. The van der Waals surface area contributed by atoms with Gasteiger partial charge in [0.2, 0.25) is 11.8 Å². The van der Waals surface area contributed by atoms with Gasteiger partial charge in [0.25, 0.3) is 0 Å². The third kappa shape index (κ3) is 2.79. The molecule has 2 amide bonds. The largest absolute Gasteiger partial charge is 0.495 e. The summed E-state index contributed by atoms with van der Waals surface area (Å²) in [6.45, 7) is 3.01. The highest BCUT2D eigenvalue weighted by atomic mass is 16.5. The molecular weight excluding hydrogens is 340 g/mol. The molecule has 0 unspecified atom stereocenters. The molecule has 27 heavy (non-hydrogen) atoms. The van der Waals surface area contributed by atoms with E-state index in [0.717, 1.165) is 29.4 Å². The molecule has 2 aromatic carbocycles. The van der Waals surface area contributed by atoms with Gasteiger partial charge in [-0.2, -0.15) is 0 Å². The quantitative estimate of drug-likeness (QED) is 0.642. The smallest absolute Gasteiger partial charge is 0.242 e. The molecule has 1 aliphatic heterocycles. The molecule has 5 nitrogen and oxygen atoms in total. The van der Waals surface area contributed by atoms with Crippen LogP contribution >= 0.6 is 0 Å². The first-order chi connectivity index (χ1) is 13.2. The van der Waals surface area contributed by atoms with Crippen molar-refractivity contribution in [1.29, 1.82) is 0 Å². The van der Waals surface area contributed by atoms with Crippen LogP contribution in [0.1, 0.15) is 31.2 Å². The van der Waals surface area contributed by atoms with Gasteiger partial charge < -0.3 is 9.30 Å². The summed E-state index contributed by atoms with van der Waals surface area (Å²) >= 11 is 0. The molecule has 1 saturated heterocycles. The summed E-state index contributed by atoms with van der Waals surface area (Å²) in [5, 5.41) is 1.04. The topological polar surface area (TPSA) is 51.5 Å². The number of benzene rings is 2. The maximum absolute atomic E-state index is 13.2. The Morgan fingerprint density at radius 2 is 1.81 bits per heavy atom. The van der Waals surface area contributed by atoms with Gasteiger partial charge in [-0.15, -0.1) is 0 Å². The standard InChI is InChI=1S/C22H22N2O3/c1-3-12-23-14-17(15-8-4-5-9-18(15)23)16-13-21(25)24(22(16)26)19-10-6-7-11-20(19)27-2/h4-11,14,16H,3,12-13H2,1-2H3/t16-/m1/s1. The average Bonchev–Trinajstić information content (AvgIpc) is 3.19. The number of carbonyl (C=O) groups excluding carboxylic acids is 2. The second-order valence-electron chi connectivity index (χ2n) is 6.79. The summed E-state index contributed by atoms with van der Waals surface area (Å²) < 4.78 is 7.53. The number of nitrogens with zero attached hydrogens (tertiary/aromatic N) is 2. The Morgan fingerprint density at radius 1 is 1.07 bits per heavy atom. The van der Waals surface area contributed by atoms with Crippen LogP contribution in [0.25, 0.3) is 10.9 Å². The molecule has 1 aromatic heterocycles. The van der Waals surface area contributed by atoms with Crippen LogP contribution in [0.15, 0.2) is 54.7 Å². The Hall–Kier alpha value is -3.08. The highest BCUT2D eigenvalue weighted by Gasteiger charge is 2.42. The molecule has 1 fully saturated rings. The maximum Gasteiger partial charge on any atom is 0.242 e. The Bertz CT molecular complexity index is 1020. The third-order valence-corrected chi connectivity index (χ3v) is 5.13. The van der Waals surface area contributed by atoms with Crippen LogP contribution < -0.4 is 9.64 Å². The fourth-order valence-electron chi connectivity index (χ4n) is 3.92. The maximum atomic E-state index is 13.2. The number of hydrogen-bond acceptors (Lipinski definition) is 3. The highest BCUT2D eigenvalue weighted by molar-refractivity contribution is 6.24. The van der Waals surface area contributed by atoms with Crippen molar-refractivity contribution in [3.8, 4) is 5.75 Å². The number of rotatable bonds is 5. The zero-order valence-corrected chi connectivity index (χ0v) is 15.5. The van der Waals surface area contributed by atoms with Crippen LogP contribution in [0, 0.1) is 0 Å². The summed E-state index contributed by atoms with van der Waals surface area (Å²) in [7, 11) is 1.54. The van der Waals surface area contributed by atoms with Crippen molar-refractivity contribution in [2.45, 2.75) is 32.2 Å². The molecule has 2 heterocycles. The minimum absolute atomic E-state index is 0.178. The predicted octanol–water partition coefficient (Wildman–Crippen LogP) is 4.11. The number of para-hydroxylation sites is 3. The number of fused-ring (bicyclic) bond motifs is 1. The molecule has 0 bridgehead atoms. The Labute approximate surface area is 158 Å². The Kier molecular flexibility index (Phi) is 4.44. The Balaban J connectivity index is 1.78. The molecule has 1 atom stereocenters. The van der Waals surface area contributed by atoms with Gasteiger partial charge in [0.1, 0.15) is 5.75 Å². The van der Waals surface area contributed by atoms with Crippen molar-refractivity contribution in [3.63, 3.8) is 0 Å². The zero-order chi connectivity index (χ0) is 19.0. The Morgan fingerprint density at radius 3 is 2.59 bits per heavy atom. The first kappa shape index (κ1) is 17.3. The minimum atomic E-state index is -0.467. The molecule has 0 N–H and O–H groups in total. The summed E-state index contributed by atoms with van der Waals surface area (Å²) in [5.74, 6) is -0.329. The third-order valence-electron chi connectivity index (χ3n) is 5.13. The van der Waals surface area contributed by atoms with Crippen molar-refractivity contribution >= 4 is 28.4 Å². The summed E-state index contributed by atoms with van der Waals surface area (Å²) in [5.41, 5.74) is 2.54. The molecule has 3 aromatic rings. The van der Waals surface area contributed by atoms with E-state index in [1.807, 2.05) is 30.5 Å². The fraction of sp³-hybridized carbons (Fsp3) is 0.273. The zero-order valence-electron chi connectivity index (χ0n) is 15.5. The van der Waals surface area contributed by atoms with Gasteiger partial charge in [-0.3, -0.25) is 9.59 Å². The van der Waals surface area contributed by atoms with Crippen LogP contribution in [0.5, 0.6) is 5.75 Å². The molecule has 5 heteroatoms. The highest BCUT2D eigenvalue weighted by Crippen LogP contribution is 2.40. The number of aryl methyl sites for hydroxylation is 1. The van der Waals surface area contributed by atoms with Gasteiger partial charge in [-0.05, 0) is 30.2 Å². The first-order valence-corrected chi connectivity index (χ1v) is 9.23. The number of methoxy groups -OCH3 is 1. The lowest BCUT2D eigenvalue weighted by atomic mass is 9.97. The van der Waals surface area contributed by atoms with Gasteiger partial charge in [0, 0.05) is 30.1 Å². The van der Waals surface area contributed by atoms with Gasteiger partial charge in [0.15, 0.2) is 0 Å². The predicted molar refractivity (Wildman–Crippen MR) is 105 cm³/mol. The lowest BCUT2D eigenvalue weighted by molar-refractivity contribution is -0.121. The van der Waals surface area contributed by atoms with Crippen LogP contribution in [0.2, 0.25) is 0 Å². The van der Waals surface area contributed by atoms with Gasteiger partial charge in [-0.1, -0.05) is 37.3 Å². The SMILES string of the molecule is CCCn1cc([C@H]2CC(=O)N(c3ccccc3OC)C2=O)c2ccccc21. The summed E-state index contributed by atoms with van der Waals surface area (Å²) in [6, 6.07) is 15.2. The van der Waals surface area contributed by atoms with Crippen molar-refractivity contribution in [1.82, 2.24) is 4.57 Å². The molecule has 1 aliphatic rings. The van der Waals surface area contributed by atoms with E-state index < -0.39 is 5.92 Å². The molecular formula is C22H22N2O3. The van der Waals surface area contributed by atoms with Crippen LogP contribution in [0.3, 0.4) is 0 Å². The average molecular weight is 362 g/mol. The normalized spacial score (nSPS) is 17.1. The number of carbonyl (C=O) groups is 2. The monoisotopic (exact) mass is 362 g/mol. The number of ether oxygens (including phenoxy) is 1. The molecule has 4 rings (SSSR count). The van der Waals surface area contributed by atoms with Crippen LogP contribution in [-0.2, 0) is 16.1 Å². The number of amides is 2. The van der Waals surface area contributed by atoms with E-state index in [0.29, 0.717) is 11.4 Å². The second kappa shape index (κ2) is 6.91. The molecule has 0 saturated carbocycles. The summed E-state index contributed by atoms with van der Waals surface area (Å²) in [4.78, 5) is 27.3. The minimum Gasteiger partial charge on any atom is -0.495 e. The number of anilines is 1. The van der Waals surface area contributed by atoms with E-state index in [9.17, 15) is 9.59 Å². The van der Waals surface area contributed by atoms with E-state index in [1.54, 1.807) is 25.3 Å². The van der Waals surface area contributed by atoms with E-state index in [4.69, 9.17) is 4.74 Å². The van der Waals surface area contributed by atoms with E-state index in [-0.39, 0.29) is 18.2 Å². The lowest BCUT2D eigenvalue weighted by Crippen LogP contribution is -2.30. The van der Waals surface area contributed by atoms with Crippen LogP contribution in [-0.4, -0.2) is 23.5 Å². The van der Waals surface area contributed by atoms with Crippen molar-refractivity contribution in [2.24, 2.45) is 0 Å². The van der Waals surface area contributed by atoms with Crippen molar-refractivity contribution < 1.29 is 14.3 Å². The fourth-order valence-corrected chi connectivity index (χ4v) is 3.92. The number of hydrogen-bond donors (Lipinski definition) is 0. The van der Waals surface area contributed by atoms with Gasteiger partial charge >= 0.3 is 0 Å². The second-order valence-corrected chi connectivity index (χ2v) is 6.79. The van der Waals surface area contributed by atoms with E-state index >= 15 is 0 Å². The van der Waals surface area contributed by atoms with Gasteiger partial charge in [0.05, 0.1) is 18.7 Å². The summed E-state index contributed by atoms with van der Waals surface area (Å²) in [6.07, 6.45) is 3.22. The van der Waals surface area contributed by atoms with E-state index in [2.05, 4.69) is 17.6 Å². The van der Waals surface area contributed by atoms with Crippen LogP contribution in [0.4, 0.5) is 5.69 Å². The molecule has 0 aliphatic carbocycles. The molecule has 138 valence electrons. The first-order valence-electron chi connectivity index (χ1n) is 9.23. The lowest BCUT2D eigenvalue weighted by Gasteiger charge is -2.17. The molecule has 0 spiro atoms. The number of imide groups is 1. The van der Waals surface area contributed by atoms with E-state index in [1.165, 1.54) is 4.90 Å². The number of aromatic nitrogens is 1.